The van der Waals surface area contributed by atoms with E-state index < -0.39 is 28.0 Å². The first kappa shape index (κ1) is 12.7. The number of alkyl halides is 3. The van der Waals surface area contributed by atoms with E-state index in [2.05, 4.69) is 0 Å². The molecule has 0 bridgehead atoms. The second kappa shape index (κ2) is 5.12. The maximum atomic E-state index is 12.7. The fourth-order valence-electron chi connectivity index (χ4n) is 1.84. The van der Waals surface area contributed by atoms with Crippen molar-refractivity contribution in [3.8, 4) is 0 Å². The van der Waals surface area contributed by atoms with Gasteiger partial charge in [0, 0.05) is 0 Å². The predicted octanol–water partition coefficient (Wildman–Crippen LogP) is 3.45. The van der Waals surface area contributed by atoms with Crippen molar-refractivity contribution in [3.63, 3.8) is 0 Å². The molecule has 0 N–H and O–H groups in total. The van der Waals surface area contributed by atoms with Gasteiger partial charge in [0.15, 0.2) is 0 Å². The van der Waals surface area contributed by atoms with Gasteiger partial charge in [-0.05, 0) is 0 Å². The van der Waals surface area contributed by atoms with Gasteiger partial charge in [0.2, 0.25) is 0 Å². The standard InChI is InChI=1S/C7H4F3.2C2H5.Ga/c8-7(9,10)6-4-2-1-3-5-6;2*1-2;/h1-4H;2*1H2,2H3;. The molecule has 0 spiro atoms. The second-order valence-corrected chi connectivity index (χ2v) is 11.3. The predicted molar refractivity (Wildman–Crippen MR) is 57.8 cm³/mol. The van der Waals surface area contributed by atoms with Gasteiger partial charge in [0.25, 0.3) is 0 Å². The van der Waals surface area contributed by atoms with Crippen LogP contribution in [0.25, 0.3) is 0 Å². The molecular weight excluding hydrogens is 259 g/mol. The van der Waals surface area contributed by atoms with Crippen molar-refractivity contribution in [1.82, 2.24) is 0 Å². The van der Waals surface area contributed by atoms with E-state index in [1.54, 1.807) is 12.1 Å². The third kappa shape index (κ3) is 3.05. The minimum atomic E-state index is -4.19. The van der Waals surface area contributed by atoms with Crippen molar-refractivity contribution < 1.29 is 13.2 Å². The Morgan fingerprint density at radius 1 is 1.07 bits per heavy atom. The van der Waals surface area contributed by atoms with E-state index in [1.165, 1.54) is 12.1 Å². The Kier molecular flexibility index (Phi) is 4.34. The van der Waals surface area contributed by atoms with Gasteiger partial charge in [0.1, 0.15) is 0 Å². The maximum absolute atomic E-state index is 12.7. The third-order valence-electron chi connectivity index (χ3n) is 2.69. The van der Waals surface area contributed by atoms with E-state index in [-0.39, 0.29) is 0 Å². The van der Waals surface area contributed by atoms with E-state index in [9.17, 15) is 13.2 Å². The van der Waals surface area contributed by atoms with Crippen LogP contribution in [0, 0.1) is 0 Å². The summed E-state index contributed by atoms with van der Waals surface area (Å²) in [5, 5.41) is 0. The van der Waals surface area contributed by atoms with Crippen molar-refractivity contribution >= 4 is 20.3 Å². The molecule has 82 valence electrons. The van der Waals surface area contributed by atoms with Gasteiger partial charge in [-0.15, -0.1) is 0 Å². The minimum absolute atomic E-state index is 0.404. The molecule has 1 aromatic carbocycles. The van der Waals surface area contributed by atoms with Gasteiger partial charge in [-0.3, -0.25) is 0 Å². The molecule has 0 aliphatic carbocycles. The number of benzene rings is 1. The Bertz CT molecular complexity index is 316. The average Bonchev–Trinajstić information content (AvgIpc) is 2.19. The topological polar surface area (TPSA) is 0 Å². The molecule has 4 heteroatoms. The summed E-state index contributed by atoms with van der Waals surface area (Å²) in [5.41, 5.74) is -0.404. The molecule has 0 heterocycles. The molecule has 0 unspecified atom stereocenters. The molecule has 0 amide bonds. The molecule has 0 radical (unpaired) electrons. The fourth-order valence-corrected chi connectivity index (χ4v) is 7.17. The molecule has 0 aliphatic rings. The van der Waals surface area contributed by atoms with Crippen molar-refractivity contribution in [3.05, 3.63) is 29.8 Å². The Balaban J connectivity index is 3.17. The third-order valence-corrected chi connectivity index (χ3v) is 9.73. The quantitative estimate of drug-likeness (QED) is 0.740. The molecule has 1 aromatic rings. The monoisotopic (exact) mass is 272 g/mol. The van der Waals surface area contributed by atoms with Crippen molar-refractivity contribution in [2.75, 3.05) is 0 Å². The molecule has 0 fully saturated rings. The van der Waals surface area contributed by atoms with E-state index in [0.717, 1.165) is 9.95 Å². The van der Waals surface area contributed by atoms with Gasteiger partial charge in [-0.2, -0.15) is 0 Å². The summed E-state index contributed by atoms with van der Waals surface area (Å²) in [4.78, 5) is 1.85. The molecule has 0 nitrogen and oxygen atoms in total. The Morgan fingerprint density at radius 2 is 1.60 bits per heavy atom. The van der Waals surface area contributed by atoms with Crippen molar-refractivity contribution in [2.45, 2.75) is 30.0 Å². The van der Waals surface area contributed by atoms with Crippen LogP contribution in [-0.2, 0) is 6.18 Å². The summed E-state index contributed by atoms with van der Waals surface area (Å²) in [6.07, 6.45) is -4.19. The van der Waals surface area contributed by atoms with Gasteiger partial charge < -0.3 is 0 Å². The molecule has 15 heavy (non-hydrogen) atoms. The molecule has 0 aromatic heterocycles. The van der Waals surface area contributed by atoms with Gasteiger partial charge in [-0.25, -0.2) is 0 Å². The SMILES string of the molecule is C[CH2][Ga]([CH2]C)[c]1ccccc1C(F)(F)F. The zero-order chi connectivity index (χ0) is 11.5. The number of rotatable bonds is 3. The molecule has 0 aliphatic heterocycles. The van der Waals surface area contributed by atoms with Crippen LogP contribution in [0.15, 0.2) is 24.3 Å². The van der Waals surface area contributed by atoms with Crippen LogP contribution < -0.4 is 4.12 Å². The van der Waals surface area contributed by atoms with Crippen LogP contribution in [0.2, 0.25) is 9.95 Å². The fraction of sp³-hybridized carbons (Fsp3) is 0.455. The second-order valence-electron chi connectivity index (χ2n) is 3.60. The van der Waals surface area contributed by atoms with Crippen molar-refractivity contribution in [1.29, 1.82) is 0 Å². The molecule has 0 atom stereocenters. The van der Waals surface area contributed by atoms with Gasteiger partial charge in [0.05, 0.1) is 0 Å². The average molecular weight is 273 g/mol. The van der Waals surface area contributed by atoms with Crippen LogP contribution in [0.3, 0.4) is 0 Å². The van der Waals surface area contributed by atoms with Crippen molar-refractivity contribution in [2.24, 2.45) is 0 Å². The molecule has 1 rings (SSSR count). The molecule has 0 saturated carbocycles. The van der Waals surface area contributed by atoms with Gasteiger partial charge in [-0.1, -0.05) is 0 Å². The van der Waals surface area contributed by atoms with E-state index in [1.807, 2.05) is 13.8 Å². The van der Waals surface area contributed by atoms with Crippen LogP contribution in [0.1, 0.15) is 19.4 Å². The normalized spacial score (nSPS) is 11.5. The summed E-state index contributed by atoms with van der Waals surface area (Å²) in [5.74, 6) is 0. The summed E-state index contributed by atoms with van der Waals surface area (Å²) < 4.78 is 38.7. The summed E-state index contributed by atoms with van der Waals surface area (Å²) in [6.45, 7) is 4.00. The van der Waals surface area contributed by atoms with E-state index >= 15 is 0 Å². The van der Waals surface area contributed by atoms with Crippen LogP contribution in [0.5, 0.6) is 0 Å². The molecular formula is C11H14F3Ga. The zero-order valence-electron chi connectivity index (χ0n) is 8.93. The van der Waals surface area contributed by atoms with Crippen LogP contribution >= 0.6 is 0 Å². The summed E-state index contributed by atoms with van der Waals surface area (Å²) in [7, 11) is 0. The first-order chi connectivity index (χ1) is 7.00. The zero-order valence-corrected chi connectivity index (χ0v) is 11.4. The van der Waals surface area contributed by atoms with Crippen LogP contribution in [0.4, 0.5) is 13.2 Å². The van der Waals surface area contributed by atoms with E-state index in [4.69, 9.17) is 0 Å². The summed E-state index contributed by atoms with van der Waals surface area (Å²) in [6, 6.07) is 6.06. The first-order valence-corrected chi connectivity index (χ1v) is 9.80. The van der Waals surface area contributed by atoms with Crippen LogP contribution in [-0.4, -0.2) is 16.2 Å². The summed E-state index contributed by atoms with van der Waals surface area (Å²) >= 11 is -1.90. The Morgan fingerprint density at radius 3 is 2.07 bits per heavy atom. The Labute approximate surface area is 93.5 Å². The molecule has 0 saturated heterocycles. The number of hydrogen-bond acceptors (Lipinski definition) is 0. The van der Waals surface area contributed by atoms with E-state index in [0.29, 0.717) is 4.12 Å². The Hall–Kier alpha value is -0.354. The first-order valence-electron chi connectivity index (χ1n) is 5.16. The van der Waals surface area contributed by atoms with Gasteiger partial charge >= 0.3 is 93.3 Å². The number of halogens is 3. The number of hydrogen-bond donors (Lipinski definition) is 0.